The number of rotatable bonds is 3. The molecule has 1 aliphatic heterocycles. The van der Waals surface area contributed by atoms with Crippen LogP contribution < -0.4 is 5.73 Å². The van der Waals surface area contributed by atoms with E-state index in [2.05, 4.69) is 9.88 Å². The van der Waals surface area contributed by atoms with Gasteiger partial charge in [0.2, 0.25) is 5.91 Å². The van der Waals surface area contributed by atoms with E-state index < -0.39 is 17.6 Å². The first-order valence-corrected chi connectivity index (χ1v) is 8.63. The number of nitrogens with zero attached hydrogens (tertiary/aromatic N) is 1. The number of aromatic amines is 1. The van der Waals surface area contributed by atoms with E-state index in [1.807, 2.05) is 6.07 Å². The fourth-order valence-corrected chi connectivity index (χ4v) is 3.62. The Morgan fingerprint density at radius 2 is 1.89 bits per heavy atom. The molecule has 0 atom stereocenters. The number of hydrogen-bond donors (Lipinski definition) is 2. The van der Waals surface area contributed by atoms with Crippen molar-refractivity contribution in [2.45, 2.75) is 25.7 Å². The van der Waals surface area contributed by atoms with Gasteiger partial charge in [-0.1, -0.05) is 12.1 Å². The van der Waals surface area contributed by atoms with Crippen LogP contribution in [-0.2, 0) is 25.7 Å². The van der Waals surface area contributed by atoms with Gasteiger partial charge in [-0.2, -0.15) is 13.2 Å². The minimum absolute atomic E-state index is 0.462. The monoisotopic (exact) mass is 373 g/mol. The molecule has 0 saturated carbocycles. The lowest BCUT2D eigenvalue weighted by Gasteiger charge is -2.27. The van der Waals surface area contributed by atoms with Gasteiger partial charge < -0.3 is 10.7 Å². The van der Waals surface area contributed by atoms with Crippen molar-refractivity contribution in [1.29, 1.82) is 0 Å². The van der Waals surface area contributed by atoms with Gasteiger partial charge in [0.15, 0.2) is 0 Å². The molecular formula is C20H18F3N3O. The highest BCUT2D eigenvalue weighted by atomic mass is 19.4. The molecule has 3 N–H and O–H groups in total. The molecule has 2 heterocycles. The predicted octanol–water partition coefficient (Wildman–Crippen LogP) is 3.84. The van der Waals surface area contributed by atoms with E-state index in [0.29, 0.717) is 18.7 Å². The van der Waals surface area contributed by atoms with Gasteiger partial charge in [0.1, 0.15) is 0 Å². The van der Waals surface area contributed by atoms with Gasteiger partial charge in [0, 0.05) is 48.2 Å². The zero-order chi connectivity index (χ0) is 19.2. The molecule has 4 nitrogen and oxygen atoms in total. The summed E-state index contributed by atoms with van der Waals surface area (Å²) < 4.78 is 38.1. The third-order valence-corrected chi connectivity index (χ3v) is 5.03. The normalized spacial score (nSPS) is 15.1. The lowest BCUT2D eigenvalue weighted by Crippen LogP contribution is -2.29. The third-order valence-electron chi connectivity index (χ3n) is 5.03. The Kier molecular flexibility index (Phi) is 4.19. The second kappa shape index (κ2) is 6.42. The average Bonchev–Trinajstić information content (AvgIpc) is 2.98. The highest BCUT2D eigenvalue weighted by Crippen LogP contribution is 2.31. The van der Waals surface area contributed by atoms with Crippen molar-refractivity contribution in [2.24, 2.45) is 5.73 Å². The third kappa shape index (κ3) is 3.42. The number of carbonyl (C=O) groups excluding carboxylic acids is 1. The van der Waals surface area contributed by atoms with E-state index >= 15 is 0 Å². The van der Waals surface area contributed by atoms with E-state index in [0.717, 1.165) is 52.8 Å². The summed E-state index contributed by atoms with van der Waals surface area (Å²) >= 11 is 0. The summed E-state index contributed by atoms with van der Waals surface area (Å²) in [6, 6.07) is 10.7. The van der Waals surface area contributed by atoms with E-state index in [9.17, 15) is 18.0 Å². The van der Waals surface area contributed by atoms with Gasteiger partial charge in [-0.3, -0.25) is 9.69 Å². The largest absolute Gasteiger partial charge is 0.416 e. The molecule has 2 aromatic carbocycles. The van der Waals surface area contributed by atoms with Crippen LogP contribution in [0.3, 0.4) is 0 Å². The SMILES string of the molecule is NC(=O)c1ccc2[nH]c3c(c2c1)CN(Cc1ccc(C(F)(F)F)cc1)CC3. The second-order valence-electron chi connectivity index (χ2n) is 6.86. The molecule has 0 aliphatic carbocycles. The molecule has 0 unspecified atom stereocenters. The van der Waals surface area contributed by atoms with Gasteiger partial charge in [-0.25, -0.2) is 0 Å². The summed E-state index contributed by atoms with van der Waals surface area (Å²) in [6.07, 6.45) is -3.50. The van der Waals surface area contributed by atoms with E-state index in [-0.39, 0.29) is 0 Å². The number of carbonyl (C=O) groups is 1. The summed E-state index contributed by atoms with van der Waals surface area (Å²) in [4.78, 5) is 17.0. The van der Waals surface area contributed by atoms with Crippen LogP contribution in [0, 0.1) is 0 Å². The topological polar surface area (TPSA) is 62.1 Å². The van der Waals surface area contributed by atoms with Crippen molar-refractivity contribution in [3.8, 4) is 0 Å². The average molecular weight is 373 g/mol. The summed E-state index contributed by atoms with van der Waals surface area (Å²) in [6.45, 7) is 2.04. The minimum atomic E-state index is -4.32. The standard InChI is InChI=1S/C20H18F3N3O/c21-20(22,23)14-4-1-12(2-5-14)10-26-8-7-18-16(11-26)15-9-13(19(24)27)3-6-17(15)25-18/h1-6,9,25H,7-8,10-11H2,(H2,24,27). The highest BCUT2D eigenvalue weighted by Gasteiger charge is 2.30. The number of H-pyrrole nitrogens is 1. The Hall–Kier alpha value is -2.80. The van der Waals surface area contributed by atoms with Gasteiger partial charge in [-0.05, 0) is 41.5 Å². The molecule has 7 heteroatoms. The zero-order valence-corrected chi connectivity index (χ0v) is 14.4. The Morgan fingerprint density at radius 3 is 2.56 bits per heavy atom. The van der Waals surface area contributed by atoms with Crippen LogP contribution in [0.4, 0.5) is 13.2 Å². The van der Waals surface area contributed by atoms with Gasteiger partial charge in [0.25, 0.3) is 0 Å². The minimum Gasteiger partial charge on any atom is -0.366 e. The smallest absolute Gasteiger partial charge is 0.366 e. The molecule has 0 spiro atoms. The molecule has 0 saturated heterocycles. The van der Waals surface area contributed by atoms with Crippen molar-refractivity contribution in [1.82, 2.24) is 9.88 Å². The summed E-state index contributed by atoms with van der Waals surface area (Å²) in [5, 5.41) is 0.971. The molecule has 0 bridgehead atoms. The summed E-state index contributed by atoms with van der Waals surface area (Å²) in [5.41, 5.74) is 9.26. The van der Waals surface area contributed by atoms with Crippen LogP contribution in [0.25, 0.3) is 10.9 Å². The Balaban J connectivity index is 1.56. The van der Waals surface area contributed by atoms with Crippen LogP contribution in [0.15, 0.2) is 42.5 Å². The van der Waals surface area contributed by atoms with Crippen LogP contribution in [0.2, 0.25) is 0 Å². The highest BCUT2D eigenvalue weighted by molar-refractivity contribution is 5.98. The molecule has 3 aromatic rings. The fourth-order valence-electron chi connectivity index (χ4n) is 3.62. The Morgan fingerprint density at radius 1 is 1.15 bits per heavy atom. The van der Waals surface area contributed by atoms with Crippen molar-refractivity contribution in [3.63, 3.8) is 0 Å². The number of nitrogens with one attached hydrogen (secondary N) is 1. The number of amides is 1. The molecule has 1 amide bonds. The number of halogens is 3. The summed E-state index contributed by atoms with van der Waals surface area (Å²) in [5.74, 6) is -0.468. The van der Waals surface area contributed by atoms with Crippen LogP contribution >= 0.6 is 0 Å². The maximum absolute atomic E-state index is 12.7. The van der Waals surface area contributed by atoms with E-state index in [4.69, 9.17) is 5.73 Å². The van der Waals surface area contributed by atoms with Crippen LogP contribution in [0.1, 0.15) is 32.7 Å². The number of benzene rings is 2. The quantitative estimate of drug-likeness (QED) is 0.733. The predicted molar refractivity (Wildman–Crippen MR) is 96.1 cm³/mol. The summed E-state index contributed by atoms with van der Waals surface area (Å²) in [7, 11) is 0. The van der Waals surface area contributed by atoms with Crippen molar-refractivity contribution in [3.05, 3.63) is 70.4 Å². The maximum Gasteiger partial charge on any atom is 0.416 e. The number of alkyl halides is 3. The molecule has 0 radical (unpaired) electrons. The molecule has 1 aliphatic rings. The molecule has 4 rings (SSSR count). The first kappa shape index (κ1) is 17.6. The van der Waals surface area contributed by atoms with Gasteiger partial charge in [-0.15, -0.1) is 0 Å². The van der Waals surface area contributed by atoms with Crippen LogP contribution in [-0.4, -0.2) is 22.3 Å². The lowest BCUT2D eigenvalue weighted by atomic mass is 10.0. The number of nitrogens with two attached hydrogens (primary N) is 1. The molecule has 0 fully saturated rings. The fraction of sp³-hybridized carbons (Fsp3) is 0.250. The molecule has 27 heavy (non-hydrogen) atoms. The van der Waals surface area contributed by atoms with E-state index in [1.165, 1.54) is 12.1 Å². The lowest BCUT2D eigenvalue weighted by molar-refractivity contribution is -0.137. The van der Waals surface area contributed by atoms with Crippen LogP contribution in [0.5, 0.6) is 0 Å². The first-order valence-electron chi connectivity index (χ1n) is 8.63. The second-order valence-corrected chi connectivity index (χ2v) is 6.86. The number of primary amides is 1. The van der Waals surface area contributed by atoms with Gasteiger partial charge >= 0.3 is 6.18 Å². The Labute approximate surface area is 153 Å². The zero-order valence-electron chi connectivity index (χ0n) is 14.4. The van der Waals surface area contributed by atoms with Gasteiger partial charge in [0.05, 0.1) is 5.56 Å². The maximum atomic E-state index is 12.7. The molecular weight excluding hydrogens is 355 g/mol. The Bertz CT molecular complexity index is 1010. The number of fused-ring (bicyclic) bond motifs is 3. The first-order chi connectivity index (χ1) is 12.8. The van der Waals surface area contributed by atoms with Crippen molar-refractivity contribution >= 4 is 16.8 Å². The molecule has 140 valence electrons. The van der Waals surface area contributed by atoms with Crippen molar-refractivity contribution in [2.75, 3.05) is 6.54 Å². The number of hydrogen-bond acceptors (Lipinski definition) is 2. The molecule has 1 aromatic heterocycles. The van der Waals surface area contributed by atoms with Crippen molar-refractivity contribution < 1.29 is 18.0 Å². The number of aromatic nitrogens is 1. The van der Waals surface area contributed by atoms with E-state index in [1.54, 1.807) is 12.1 Å².